The zero-order chi connectivity index (χ0) is 8.10. The van der Waals surface area contributed by atoms with Crippen LogP contribution in [0, 0.1) is 0 Å². The Morgan fingerprint density at radius 2 is 2.20 bits per heavy atom. The Balaban J connectivity index is 2.68. The average molecular weight is 136 g/mol. The molecule has 0 saturated heterocycles. The van der Waals surface area contributed by atoms with Gasteiger partial charge in [0.2, 0.25) is 0 Å². The van der Waals surface area contributed by atoms with Gasteiger partial charge < -0.3 is 4.74 Å². The molecule has 0 aromatic heterocycles. The van der Waals surface area contributed by atoms with E-state index in [9.17, 15) is 4.79 Å². The fourth-order valence-corrected chi connectivity index (χ4v) is 0.624. The summed E-state index contributed by atoms with van der Waals surface area (Å²) in [5.41, 5.74) is 0.649. The van der Waals surface area contributed by atoms with Crippen LogP contribution in [-0.2, 0) is 16.1 Å². The van der Waals surface area contributed by atoms with Crippen molar-refractivity contribution < 1.29 is 10.9 Å². The van der Waals surface area contributed by atoms with E-state index in [0.717, 1.165) is 0 Å². The molecule has 1 radical (unpaired) electrons. The van der Waals surface area contributed by atoms with Crippen LogP contribution in [0.1, 0.15) is 6.93 Å². The summed E-state index contributed by atoms with van der Waals surface area (Å²) in [5.74, 6) is 0. The van der Waals surface area contributed by atoms with Gasteiger partial charge in [-0.25, -0.2) is 4.79 Å². The van der Waals surface area contributed by atoms with E-state index in [2.05, 4.69) is 4.74 Å². The Morgan fingerprint density at radius 1 is 1.50 bits per heavy atom. The van der Waals surface area contributed by atoms with Crippen molar-refractivity contribution in [3.05, 3.63) is 35.9 Å². The first kappa shape index (κ1) is 5.47. The molecule has 1 rings (SSSR count). The highest BCUT2D eigenvalue weighted by atomic mass is 16.5. The molecule has 1 aromatic rings. The lowest BCUT2D eigenvalue weighted by atomic mass is 10.2. The van der Waals surface area contributed by atoms with Crippen LogP contribution >= 0.6 is 0 Å². The van der Waals surface area contributed by atoms with Gasteiger partial charge in [-0.1, -0.05) is 30.3 Å². The number of hydrogen-bond donors (Lipinski definition) is 0. The van der Waals surface area contributed by atoms with Gasteiger partial charge in [0.05, 0.1) is 1.37 Å². The van der Waals surface area contributed by atoms with E-state index in [1.165, 1.54) is 6.47 Å². The average Bonchev–Trinajstić information content (AvgIpc) is 2.07. The van der Waals surface area contributed by atoms with E-state index >= 15 is 0 Å². The molecule has 2 nitrogen and oxygen atoms in total. The first-order valence-corrected chi connectivity index (χ1v) is 2.84. The lowest BCUT2D eigenvalue weighted by molar-refractivity contribution is 0.267. The predicted octanol–water partition coefficient (Wildman–Crippen LogP) is 1.27. The summed E-state index contributed by atoms with van der Waals surface area (Å²) in [5, 5.41) is 0. The van der Waals surface area contributed by atoms with Gasteiger partial charge in [-0.05, 0) is 5.56 Å². The third-order valence-corrected chi connectivity index (χ3v) is 1.04. The number of benzene rings is 1. The van der Waals surface area contributed by atoms with Gasteiger partial charge in [-0.3, -0.25) is 0 Å². The molecule has 0 bridgehead atoms. The second kappa shape index (κ2) is 3.67. The molecule has 2 heteroatoms. The van der Waals surface area contributed by atoms with E-state index in [-0.39, 0.29) is 0 Å². The van der Waals surface area contributed by atoms with Crippen molar-refractivity contribution in [3.63, 3.8) is 0 Å². The standard InChI is InChI=1S/C8H7O2/c9-7-10-6-8-4-2-1-3-5-8/h1-5H,6H2/i6D. The molecule has 1 unspecified atom stereocenters. The first-order chi connectivity index (χ1) is 5.34. The van der Waals surface area contributed by atoms with Crippen LogP contribution in [0.25, 0.3) is 0 Å². The maximum absolute atomic E-state index is 9.72. The van der Waals surface area contributed by atoms with Crippen molar-refractivity contribution in [1.29, 1.82) is 0 Å². The molecule has 1 atom stereocenters. The van der Waals surface area contributed by atoms with E-state index in [1.807, 2.05) is 6.07 Å². The quantitative estimate of drug-likeness (QED) is 0.625. The molecule has 0 aliphatic carbocycles. The Bertz CT molecular complexity index is 223. The Morgan fingerprint density at radius 3 is 2.80 bits per heavy atom. The number of rotatable bonds is 3. The van der Waals surface area contributed by atoms with Crippen molar-refractivity contribution >= 4 is 6.47 Å². The maximum atomic E-state index is 9.72. The SMILES string of the molecule is [2H]C(O[C]=O)c1ccccc1. The first-order valence-electron chi connectivity index (χ1n) is 3.42. The topological polar surface area (TPSA) is 26.3 Å². The third kappa shape index (κ3) is 1.90. The van der Waals surface area contributed by atoms with Crippen LogP contribution in [0.5, 0.6) is 0 Å². The maximum Gasteiger partial charge on any atom is 0.417 e. The summed E-state index contributed by atoms with van der Waals surface area (Å²) >= 11 is 0. The largest absolute Gasteiger partial charge is 0.452 e. The molecule has 51 valence electrons. The molecular formula is C8H7O2. The van der Waals surface area contributed by atoms with Crippen molar-refractivity contribution in [2.45, 2.75) is 6.58 Å². The lowest BCUT2D eigenvalue weighted by Gasteiger charge is -1.95. The summed E-state index contributed by atoms with van der Waals surface area (Å²) in [6.07, 6.45) is 0. The van der Waals surface area contributed by atoms with Gasteiger partial charge in [-0.15, -0.1) is 0 Å². The highest BCUT2D eigenvalue weighted by Gasteiger charge is 1.88. The monoisotopic (exact) mass is 136 g/mol. The van der Waals surface area contributed by atoms with Crippen LogP contribution in [-0.4, -0.2) is 6.47 Å². The van der Waals surface area contributed by atoms with Gasteiger partial charge in [-0.2, -0.15) is 0 Å². The normalized spacial score (nSPS) is 13.4. The third-order valence-electron chi connectivity index (χ3n) is 1.04. The van der Waals surface area contributed by atoms with E-state index in [1.54, 1.807) is 24.3 Å². The van der Waals surface area contributed by atoms with E-state index in [4.69, 9.17) is 1.37 Å². The summed E-state index contributed by atoms with van der Waals surface area (Å²) in [7, 11) is 0. The van der Waals surface area contributed by atoms with Crippen LogP contribution in [0.4, 0.5) is 0 Å². The smallest absolute Gasteiger partial charge is 0.417 e. The highest BCUT2D eigenvalue weighted by molar-refractivity contribution is 5.38. The molecule has 0 aliphatic heterocycles. The van der Waals surface area contributed by atoms with Crippen molar-refractivity contribution in [3.8, 4) is 0 Å². The molecule has 0 amide bonds. The molecule has 0 N–H and O–H groups in total. The predicted molar refractivity (Wildman–Crippen MR) is 36.9 cm³/mol. The van der Waals surface area contributed by atoms with Crippen LogP contribution in [0.2, 0.25) is 0 Å². The van der Waals surface area contributed by atoms with Gasteiger partial charge in [0, 0.05) is 0 Å². The highest BCUT2D eigenvalue weighted by Crippen LogP contribution is 1.98. The molecule has 0 spiro atoms. The van der Waals surface area contributed by atoms with Crippen LogP contribution < -0.4 is 0 Å². The molecular weight excluding hydrogens is 128 g/mol. The minimum atomic E-state index is -0.950. The Hall–Kier alpha value is -1.31. The van der Waals surface area contributed by atoms with Gasteiger partial charge in [0.25, 0.3) is 0 Å². The molecule has 0 saturated carbocycles. The second-order valence-corrected chi connectivity index (χ2v) is 1.73. The minimum absolute atomic E-state index is 0.649. The van der Waals surface area contributed by atoms with Crippen LogP contribution in [0.15, 0.2) is 30.3 Å². The number of hydrogen-bond acceptors (Lipinski definition) is 2. The van der Waals surface area contributed by atoms with Crippen molar-refractivity contribution in [2.24, 2.45) is 0 Å². The van der Waals surface area contributed by atoms with Crippen molar-refractivity contribution in [1.82, 2.24) is 0 Å². The summed E-state index contributed by atoms with van der Waals surface area (Å²) in [6, 6.07) is 8.83. The zero-order valence-corrected chi connectivity index (χ0v) is 5.28. The fourth-order valence-electron chi connectivity index (χ4n) is 0.624. The summed E-state index contributed by atoms with van der Waals surface area (Å²) in [4.78, 5) is 9.72. The molecule has 0 fully saturated rings. The number of carbonyl (C=O) groups excluding carboxylic acids is 1. The van der Waals surface area contributed by atoms with Crippen LogP contribution in [0.3, 0.4) is 0 Å². The van der Waals surface area contributed by atoms with Gasteiger partial charge in [0.1, 0.15) is 6.58 Å². The molecule has 10 heavy (non-hydrogen) atoms. The minimum Gasteiger partial charge on any atom is -0.452 e. The Labute approximate surface area is 60.8 Å². The second-order valence-electron chi connectivity index (χ2n) is 1.73. The van der Waals surface area contributed by atoms with E-state index in [0.29, 0.717) is 5.56 Å². The summed E-state index contributed by atoms with van der Waals surface area (Å²) in [6.45, 7) is 0.278. The fraction of sp³-hybridized carbons (Fsp3) is 0.125. The lowest BCUT2D eigenvalue weighted by Crippen LogP contribution is -1.87. The Kier molecular flexibility index (Phi) is 2.01. The zero-order valence-electron chi connectivity index (χ0n) is 6.28. The molecule has 0 aliphatic rings. The molecule has 1 aromatic carbocycles. The van der Waals surface area contributed by atoms with Crippen molar-refractivity contribution in [2.75, 3.05) is 0 Å². The molecule has 0 heterocycles. The number of ether oxygens (including phenoxy) is 1. The van der Waals surface area contributed by atoms with Gasteiger partial charge in [0.15, 0.2) is 0 Å². The van der Waals surface area contributed by atoms with E-state index < -0.39 is 6.58 Å². The summed E-state index contributed by atoms with van der Waals surface area (Å²) < 4.78 is 11.5. The van der Waals surface area contributed by atoms with Gasteiger partial charge >= 0.3 is 6.47 Å².